The summed E-state index contributed by atoms with van der Waals surface area (Å²) < 4.78 is 1.59. The molecule has 13 heavy (non-hydrogen) atoms. The van der Waals surface area contributed by atoms with Crippen LogP contribution in [0.3, 0.4) is 0 Å². The Morgan fingerprint density at radius 3 is 3.00 bits per heavy atom. The van der Waals surface area contributed by atoms with Crippen LogP contribution < -0.4 is 5.73 Å². The van der Waals surface area contributed by atoms with Crippen molar-refractivity contribution < 1.29 is 0 Å². The normalized spacial score (nSPS) is 13.1. The fourth-order valence-corrected chi connectivity index (χ4v) is 1.01. The van der Waals surface area contributed by atoms with E-state index >= 15 is 0 Å². The maximum Gasteiger partial charge on any atom is 0.147 e. The van der Waals surface area contributed by atoms with Crippen molar-refractivity contribution in [3.63, 3.8) is 0 Å². The quantitative estimate of drug-likeness (QED) is 0.615. The zero-order chi connectivity index (χ0) is 9.26. The Hall–Kier alpha value is -1.76. The largest absolute Gasteiger partial charge is 0.316 e. The second-order valence-corrected chi connectivity index (χ2v) is 2.67. The molecule has 1 atom stereocenters. The topological polar surface area (TPSA) is 98.3 Å². The molecule has 0 fully saturated rings. The van der Waals surface area contributed by atoms with Crippen molar-refractivity contribution in [3.05, 3.63) is 24.0 Å². The second kappa shape index (κ2) is 2.94. The third-order valence-electron chi connectivity index (χ3n) is 1.67. The monoisotopic (exact) mass is 179 g/mol. The molecule has 0 aliphatic rings. The molecule has 3 N–H and O–H groups in total. The molecule has 7 heteroatoms. The average molecular weight is 179 g/mol. The zero-order valence-electron chi connectivity index (χ0n) is 7.05. The van der Waals surface area contributed by atoms with Crippen molar-refractivity contribution >= 4 is 0 Å². The predicted octanol–water partition coefficient (Wildman–Crippen LogP) is -1.02. The number of nitrogens with zero attached hydrogens (tertiary/aromatic N) is 5. The summed E-state index contributed by atoms with van der Waals surface area (Å²) >= 11 is 0. The van der Waals surface area contributed by atoms with Crippen molar-refractivity contribution in [1.82, 2.24) is 30.2 Å². The Morgan fingerprint density at radius 1 is 1.62 bits per heavy atom. The van der Waals surface area contributed by atoms with E-state index in [1.165, 1.54) is 6.33 Å². The number of H-pyrrole nitrogens is 1. The van der Waals surface area contributed by atoms with Gasteiger partial charge in [0.05, 0.1) is 6.20 Å². The molecule has 2 aromatic rings. The number of nitrogens with one attached hydrogen (secondary N) is 1. The Kier molecular flexibility index (Phi) is 1.78. The summed E-state index contributed by atoms with van der Waals surface area (Å²) in [7, 11) is 1.78. The molecule has 0 saturated heterocycles. The molecule has 0 radical (unpaired) electrons. The van der Waals surface area contributed by atoms with Crippen molar-refractivity contribution in [2.45, 2.75) is 6.04 Å². The van der Waals surface area contributed by atoms with Crippen molar-refractivity contribution in [3.8, 4) is 0 Å². The van der Waals surface area contributed by atoms with Gasteiger partial charge >= 0.3 is 0 Å². The molecule has 0 spiro atoms. The van der Waals surface area contributed by atoms with Gasteiger partial charge in [0, 0.05) is 7.05 Å². The summed E-state index contributed by atoms with van der Waals surface area (Å²) in [5.41, 5.74) is 6.49. The van der Waals surface area contributed by atoms with Gasteiger partial charge in [-0.15, -0.1) is 5.10 Å². The van der Waals surface area contributed by atoms with Crippen LogP contribution >= 0.6 is 0 Å². The molecule has 0 saturated carbocycles. The van der Waals surface area contributed by atoms with Crippen LogP contribution in [0.25, 0.3) is 0 Å². The number of aryl methyl sites for hydroxylation is 1. The lowest BCUT2D eigenvalue weighted by atomic mass is 10.2. The van der Waals surface area contributed by atoms with Gasteiger partial charge in [-0.2, -0.15) is 5.10 Å². The zero-order valence-corrected chi connectivity index (χ0v) is 7.05. The van der Waals surface area contributed by atoms with Gasteiger partial charge in [-0.1, -0.05) is 5.21 Å². The molecule has 0 aromatic carbocycles. The molecule has 2 aromatic heterocycles. The van der Waals surface area contributed by atoms with E-state index in [0.29, 0.717) is 11.5 Å². The molecule has 0 bridgehead atoms. The number of aromatic amines is 1. The molecule has 0 amide bonds. The molecule has 0 aliphatic carbocycles. The van der Waals surface area contributed by atoms with E-state index in [9.17, 15) is 0 Å². The summed E-state index contributed by atoms with van der Waals surface area (Å²) in [6.45, 7) is 0. The van der Waals surface area contributed by atoms with Gasteiger partial charge in [0.15, 0.2) is 0 Å². The maximum absolute atomic E-state index is 5.82. The van der Waals surface area contributed by atoms with E-state index in [4.69, 9.17) is 5.73 Å². The van der Waals surface area contributed by atoms with Gasteiger partial charge in [-0.3, -0.25) is 9.78 Å². The number of hydrogen-bond donors (Lipinski definition) is 2. The third kappa shape index (κ3) is 1.41. The van der Waals surface area contributed by atoms with Crippen LogP contribution in [0.4, 0.5) is 0 Å². The molecule has 68 valence electrons. The minimum Gasteiger partial charge on any atom is -0.316 e. The molecule has 0 aliphatic heterocycles. The van der Waals surface area contributed by atoms with E-state index in [-0.39, 0.29) is 0 Å². The van der Waals surface area contributed by atoms with E-state index in [2.05, 4.69) is 25.5 Å². The smallest absolute Gasteiger partial charge is 0.147 e. The molecular weight excluding hydrogens is 170 g/mol. The van der Waals surface area contributed by atoms with Crippen molar-refractivity contribution in [2.75, 3.05) is 0 Å². The standard InChI is InChI=1S/C6H9N7/c1-13-2-4(10-12-13)5(7)6-8-3-9-11-6/h2-3,5H,7H2,1H3,(H,8,9,11). The summed E-state index contributed by atoms with van der Waals surface area (Å²) in [6.07, 6.45) is 3.15. The van der Waals surface area contributed by atoms with Crippen LogP contribution in [0.5, 0.6) is 0 Å². The lowest BCUT2D eigenvalue weighted by molar-refractivity contribution is 0.707. The fourth-order valence-electron chi connectivity index (χ4n) is 1.01. The number of nitrogens with two attached hydrogens (primary N) is 1. The third-order valence-corrected chi connectivity index (χ3v) is 1.67. The van der Waals surface area contributed by atoms with Crippen LogP contribution in [0, 0.1) is 0 Å². The predicted molar refractivity (Wildman–Crippen MR) is 43.4 cm³/mol. The Balaban J connectivity index is 2.28. The molecule has 2 rings (SSSR count). The Morgan fingerprint density at radius 2 is 2.46 bits per heavy atom. The van der Waals surface area contributed by atoms with Crippen molar-refractivity contribution in [1.29, 1.82) is 0 Å². The van der Waals surface area contributed by atoms with Crippen LogP contribution in [-0.2, 0) is 7.05 Å². The first-order chi connectivity index (χ1) is 6.27. The van der Waals surface area contributed by atoms with Crippen LogP contribution in [0.15, 0.2) is 12.5 Å². The molecule has 7 nitrogen and oxygen atoms in total. The van der Waals surface area contributed by atoms with Gasteiger partial charge in [0.1, 0.15) is 23.9 Å². The van der Waals surface area contributed by atoms with Crippen LogP contribution in [-0.4, -0.2) is 30.2 Å². The van der Waals surface area contributed by atoms with E-state index < -0.39 is 6.04 Å². The summed E-state index contributed by atoms with van der Waals surface area (Å²) in [5, 5.41) is 14.0. The first-order valence-corrected chi connectivity index (χ1v) is 3.74. The van der Waals surface area contributed by atoms with Gasteiger partial charge < -0.3 is 5.73 Å². The SMILES string of the molecule is Cn1cc(C(N)c2ncn[nH]2)nn1. The number of aromatic nitrogens is 6. The van der Waals surface area contributed by atoms with Crippen LogP contribution in [0.1, 0.15) is 17.6 Å². The van der Waals surface area contributed by atoms with Gasteiger partial charge in [-0.25, -0.2) is 4.98 Å². The summed E-state index contributed by atoms with van der Waals surface area (Å²) in [5.74, 6) is 0.584. The Labute approximate surface area is 74.0 Å². The minimum atomic E-state index is -0.392. The average Bonchev–Trinajstić information content (AvgIpc) is 2.72. The Bertz CT molecular complexity index is 375. The second-order valence-electron chi connectivity index (χ2n) is 2.67. The highest BCUT2D eigenvalue weighted by atomic mass is 15.4. The first-order valence-electron chi connectivity index (χ1n) is 3.74. The molecular formula is C6H9N7. The maximum atomic E-state index is 5.82. The highest BCUT2D eigenvalue weighted by Gasteiger charge is 2.14. The van der Waals surface area contributed by atoms with E-state index in [1.54, 1.807) is 17.9 Å². The lowest BCUT2D eigenvalue weighted by Crippen LogP contribution is -2.14. The van der Waals surface area contributed by atoms with E-state index in [1.807, 2.05) is 0 Å². The van der Waals surface area contributed by atoms with Gasteiger partial charge in [0.2, 0.25) is 0 Å². The summed E-state index contributed by atoms with van der Waals surface area (Å²) in [6, 6.07) is -0.392. The molecule has 1 unspecified atom stereocenters. The van der Waals surface area contributed by atoms with E-state index in [0.717, 1.165) is 0 Å². The highest BCUT2D eigenvalue weighted by Crippen LogP contribution is 2.10. The van der Waals surface area contributed by atoms with Crippen molar-refractivity contribution in [2.24, 2.45) is 12.8 Å². The fraction of sp³-hybridized carbons (Fsp3) is 0.333. The summed E-state index contributed by atoms with van der Waals surface area (Å²) in [4.78, 5) is 3.93. The van der Waals surface area contributed by atoms with Gasteiger partial charge in [-0.05, 0) is 0 Å². The van der Waals surface area contributed by atoms with Crippen LogP contribution in [0.2, 0.25) is 0 Å². The molecule has 2 heterocycles. The number of rotatable bonds is 2. The first kappa shape index (κ1) is 7.87. The lowest BCUT2D eigenvalue weighted by Gasteiger charge is -2.01. The highest BCUT2D eigenvalue weighted by molar-refractivity contribution is 5.10. The minimum absolute atomic E-state index is 0.392. The van der Waals surface area contributed by atoms with Gasteiger partial charge in [0.25, 0.3) is 0 Å². The number of hydrogen-bond acceptors (Lipinski definition) is 5.